The fourth-order valence-corrected chi connectivity index (χ4v) is 8.41. The molecule has 0 bridgehead atoms. The van der Waals surface area contributed by atoms with E-state index in [2.05, 4.69) is 6.92 Å². The van der Waals surface area contributed by atoms with Crippen molar-refractivity contribution in [2.75, 3.05) is 0 Å². The van der Waals surface area contributed by atoms with Crippen LogP contribution >= 0.6 is 0 Å². The molecule has 7 heteroatoms. The highest BCUT2D eigenvalue weighted by Crippen LogP contribution is 2.79. The summed E-state index contributed by atoms with van der Waals surface area (Å²) in [7, 11) is 0. The molecule has 1 heterocycles. The highest BCUT2D eigenvalue weighted by atomic mass is 16.6. The molecule has 170 valence electrons. The number of rotatable bonds is 4. The molecule has 3 saturated carbocycles. The molecule has 3 N–H and O–H groups in total. The van der Waals surface area contributed by atoms with Crippen LogP contribution in [0.5, 0.6) is 0 Å². The highest BCUT2D eigenvalue weighted by molar-refractivity contribution is 5.92. The summed E-state index contributed by atoms with van der Waals surface area (Å²) in [5.74, 6) is -2.15. The van der Waals surface area contributed by atoms with Gasteiger partial charge in [0, 0.05) is 29.6 Å². The minimum atomic E-state index is -1.15. The first-order valence-corrected chi connectivity index (χ1v) is 11.4. The average Bonchev–Trinajstić information content (AvgIpc) is 3.34. The van der Waals surface area contributed by atoms with Gasteiger partial charge in [-0.05, 0) is 57.4 Å². The SMILES string of the molecule is C[C@@]1(C(=O)O)CC2=CC(=O)CC[C@]2(C)[C@]23O[C@H]2C[C@@]2(C)[C@@H](CC[C@@]2(O)CCC(=O)O)[C@H]31. The van der Waals surface area contributed by atoms with Gasteiger partial charge in [0.25, 0.3) is 0 Å². The van der Waals surface area contributed by atoms with Crippen LogP contribution in [0.2, 0.25) is 0 Å². The van der Waals surface area contributed by atoms with E-state index >= 15 is 0 Å². The maximum absolute atomic E-state index is 12.7. The second kappa shape index (κ2) is 5.98. The van der Waals surface area contributed by atoms with Crippen LogP contribution in [0, 0.1) is 28.1 Å². The Kier molecular flexibility index (Phi) is 4.08. The van der Waals surface area contributed by atoms with Gasteiger partial charge in [-0.15, -0.1) is 0 Å². The van der Waals surface area contributed by atoms with Crippen LogP contribution in [0.1, 0.15) is 72.1 Å². The molecule has 0 amide bonds. The van der Waals surface area contributed by atoms with E-state index in [1.54, 1.807) is 13.0 Å². The first-order valence-electron chi connectivity index (χ1n) is 11.4. The van der Waals surface area contributed by atoms with Crippen molar-refractivity contribution in [2.45, 2.75) is 89.4 Å². The maximum atomic E-state index is 12.7. The number of carbonyl (C=O) groups excluding carboxylic acids is 1. The molecule has 0 radical (unpaired) electrons. The van der Waals surface area contributed by atoms with Crippen LogP contribution in [0.25, 0.3) is 0 Å². The molecule has 1 spiro atoms. The van der Waals surface area contributed by atoms with Crippen LogP contribution in [-0.2, 0) is 19.1 Å². The summed E-state index contributed by atoms with van der Waals surface area (Å²) in [6, 6.07) is 0. The van der Waals surface area contributed by atoms with E-state index in [0.717, 1.165) is 5.57 Å². The van der Waals surface area contributed by atoms with Gasteiger partial charge < -0.3 is 20.1 Å². The summed E-state index contributed by atoms with van der Waals surface area (Å²) in [5, 5.41) is 31.3. The highest BCUT2D eigenvalue weighted by Gasteiger charge is 2.84. The van der Waals surface area contributed by atoms with Gasteiger partial charge in [-0.3, -0.25) is 14.4 Å². The summed E-state index contributed by atoms with van der Waals surface area (Å²) in [6.07, 6.45) is 4.69. The van der Waals surface area contributed by atoms with Gasteiger partial charge in [0.15, 0.2) is 5.78 Å². The van der Waals surface area contributed by atoms with Gasteiger partial charge >= 0.3 is 11.9 Å². The lowest BCUT2D eigenvalue weighted by atomic mass is 9.40. The van der Waals surface area contributed by atoms with Crippen molar-refractivity contribution in [1.29, 1.82) is 0 Å². The van der Waals surface area contributed by atoms with Crippen molar-refractivity contribution in [3.8, 4) is 0 Å². The molecule has 4 aliphatic carbocycles. The summed E-state index contributed by atoms with van der Waals surface area (Å²) < 4.78 is 6.50. The number of carboxylic acid groups (broad SMARTS) is 2. The molecule has 0 aromatic heterocycles. The van der Waals surface area contributed by atoms with Crippen LogP contribution in [-0.4, -0.2) is 50.3 Å². The molecule has 0 aromatic rings. The monoisotopic (exact) mass is 432 g/mol. The second-order valence-corrected chi connectivity index (χ2v) is 11.4. The Bertz CT molecular complexity index is 925. The lowest BCUT2D eigenvalue weighted by Gasteiger charge is -2.61. The average molecular weight is 433 g/mol. The molecule has 5 aliphatic rings. The molecule has 5 rings (SSSR count). The number of fused-ring (bicyclic) bond motifs is 3. The number of ether oxygens (including phenoxy) is 1. The number of ketones is 1. The Morgan fingerprint density at radius 2 is 1.90 bits per heavy atom. The number of hydrogen-bond acceptors (Lipinski definition) is 5. The Balaban J connectivity index is 1.63. The van der Waals surface area contributed by atoms with Crippen molar-refractivity contribution in [2.24, 2.45) is 28.1 Å². The quantitative estimate of drug-likeness (QED) is 0.583. The first-order chi connectivity index (χ1) is 14.3. The number of aliphatic hydroxyl groups is 1. The lowest BCUT2D eigenvalue weighted by Crippen LogP contribution is -2.66. The molecule has 0 unspecified atom stereocenters. The molecular formula is C24H32O7. The third-order valence-electron chi connectivity index (χ3n) is 10.2. The maximum Gasteiger partial charge on any atom is 0.310 e. The Morgan fingerprint density at radius 1 is 1.19 bits per heavy atom. The van der Waals surface area contributed by atoms with E-state index in [-0.39, 0.29) is 42.0 Å². The summed E-state index contributed by atoms with van der Waals surface area (Å²) in [4.78, 5) is 36.2. The molecule has 0 aromatic carbocycles. The lowest BCUT2D eigenvalue weighted by molar-refractivity contribution is -0.176. The molecule has 1 saturated heterocycles. The third kappa shape index (κ3) is 2.34. The van der Waals surface area contributed by atoms with Gasteiger partial charge in [-0.1, -0.05) is 19.4 Å². The smallest absolute Gasteiger partial charge is 0.310 e. The normalized spacial score (nSPS) is 52.3. The minimum Gasteiger partial charge on any atom is -0.481 e. The first kappa shape index (κ1) is 21.1. The zero-order valence-corrected chi connectivity index (χ0v) is 18.4. The molecule has 8 atom stereocenters. The van der Waals surface area contributed by atoms with Crippen molar-refractivity contribution in [3.63, 3.8) is 0 Å². The number of carbonyl (C=O) groups is 3. The van der Waals surface area contributed by atoms with Crippen LogP contribution in [0.15, 0.2) is 11.6 Å². The van der Waals surface area contributed by atoms with Crippen molar-refractivity contribution in [1.82, 2.24) is 0 Å². The number of aliphatic carboxylic acids is 2. The Morgan fingerprint density at radius 3 is 2.55 bits per heavy atom. The molecule has 7 nitrogen and oxygen atoms in total. The summed E-state index contributed by atoms with van der Waals surface area (Å²) >= 11 is 0. The van der Waals surface area contributed by atoms with Crippen molar-refractivity contribution >= 4 is 17.7 Å². The Labute approximate surface area is 181 Å². The van der Waals surface area contributed by atoms with E-state index in [4.69, 9.17) is 4.74 Å². The van der Waals surface area contributed by atoms with Crippen molar-refractivity contribution in [3.05, 3.63) is 11.6 Å². The Hall–Kier alpha value is -1.73. The number of carboxylic acids is 2. The van der Waals surface area contributed by atoms with Crippen LogP contribution < -0.4 is 0 Å². The summed E-state index contributed by atoms with van der Waals surface area (Å²) in [5.41, 5.74) is -2.97. The van der Waals surface area contributed by atoms with Crippen molar-refractivity contribution < 1.29 is 34.4 Å². The van der Waals surface area contributed by atoms with E-state index in [9.17, 15) is 29.7 Å². The van der Waals surface area contributed by atoms with E-state index in [1.165, 1.54) is 0 Å². The predicted molar refractivity (Wildman–Crippen MR) is 109 cm³/mol. The molecule has 31 heavy (non-hydrogen) atoms. The fraction of sp³-hybridized carbons (Fsp3) is 0.792. The van der Waals surface area contributed by atoms with Gasteiger partial charge in [0.05, 0.1) is 17.1 Å². The van der Waals surface area contributed by atoms with Gasteiger partial charge in [-0.25, -0.2) is 0 Å². The molecule has 4 fully saturated rings. The third-order valence-corrected chi connectivity index (χ3v) is 10.2. The minimum absolute atomic E-state index is 0.0526. The van der Waals surface area contributed by atoms with Gasteiger partial charge in [0.2, 0.25) is 0 Å². The van der Waals surface area contributed by atoms with Gasteiger partial charge in [0.1, 0.15) is 5.60 Å². The van der Waals surface area contributed by atoms with E-state index in [1.807, 2.05) is 6.92 Å². The number of hydrogen-bond donors (Lipinski definition) is 3. The second-order valence-electron chi connectivity index (χ2n) is 11.4. The molecular weight excluding hydrogens is 400 g/mol. The predicted octanol–water partition coefficient (Wildman–Crippen LogP) is 2.95. The number of epoxide rings is 1. The van der Waals surface area contributed by atoms with Gasteiger partial charge in [-0.2, -0.15) is 0 Å². The van der Waals surface area contributed by atoms with Crippen LogP contribution in [0.3, 0.4) is 0 Å². The summed E-state index contributed by atoms with van der Waals surface area (Å²) in [6.45, 7) is 5.92. The topological polar surface area (TPSA) is 124 Å². The van der Waals surface area contributed by atoms with E-state index in [0.29, 0.717) is 38.5 Å². The largest absolute Gasteiger partial charge is 0.481 e. The zero-order valence-electron chi connectivity index (χ0n) is 18.4. The van der Waals surface area contributed by atoms with Crippen LogP contribution in [0.4, 0.5) is 0 Å². The fourth-order valence-electron chi connectivity index (χ4n) is 8.41. The molecule has 1 aliphatic heterocycles. The van der Waals surface area contributed by atoms with E-state index < -0.39 is 34.0 Å². The standard InChI is InChI=1S/C24H32O7/c1-20(19(28)29)11-13-10-14(25)4-7-21(13,2)24-16(31-24)12-22(3)15(18(20)24)5-8-23(22,30)9-6-17(26)27/h10,15-16,18,30H,4-9,11-12H2,1-3H3,(H,26,27)(H,28,29)/t15-,16-,18-,20+,21-,22-,23+,24-/m0/s1. The zero-order chi connectivity index (χ0) is 22.6.